The fourth-order valence-electron chi connectivity index (χ4n) is 3.06. The molecule has 1 unspecified atom stereocenters. The Hall–Kier alpha value is -2.74. The van der Waals surface area contributed by atoms with Gasteiger partial charge in [-0.15, -0.1) is 0 Å². The number of halogens is 2. The number of hydrogen-bond acceptors (Lipinski definition) is 5. The topological polar surface area (TPSA) is 95.4 Å². The molecule has 0 aliphatic carbocycles. The van der Waals surface area contributed by atoms with Crippen LogP contribution in [0.2, 0.25) is 5.02 Å². The third-order valence-corrected chi connectivity index (χ3v) is 4.86. The summed E-state index contributed by atoms with van der Waals surface area (Å²) in [5.41, 5.74) is 0.134. The third-order valence-electron chi connectivity index (χ3n) is 4.55. The van der Waals surface area contributed by atoms with Crippen molar-refractivity contribution in [2.24, 2.45) is 5.92 Å². The molecule has 0 spiro atoms. The molecular formula is C18H18ClFN4O3. The lowest BCUT2D eigenvalue weighted by Gasteiger charge is -2.32. The van der Waals surface area contributed by atoms with Gasteiger partial charge in [0, 0.05) is 31.4 Å². The quantitative estimate of drug-likeness (QED) is 0.811. The Morgan fingerprint density at radius 1 is 1.30 bits per heavy atom. The first-order valence-electron chi connectivity index (χ1n) is 8.45. The SMILES string of the molecule is O=C(NC(C(=O)O)c1ccc(Cl)c(F)c1)C1CCN(c2cnccn2)CC1. The molecule has 7 nitrogen and oxygen atoms in total. The van der Waals surface area contributed by atoms with Crippen LogP contribution in [0.1, 0.15) is 24.4 Å². The summed E-state index contributed by atoms with van der Waals surface area (Å²) in [5, 5.41) is 11.8. The van der Waals surface area contributed by atoms with Crippen LogP contribution in [0, 0.1) is 11.7 Å². The van der Waals surface area contributed by atoms with Crippen LogP contribution in [0.15, 0.2) is 36.8 Å². The second kappa shape index (κ2) is 8.30. The van der Waals surface area contributed by atoms with Gasteiger partial charge in [-0.05, 0) is 30.5 Å². The molecule has 27 heavy (non-hydrogen) atoms. The van der Waals surface area contributed by atoms with Gasteiger partial charge in [0.15, 0.2) is 6.04 Å². The number of hydrogen-bond donors (Lipinski definition) is 2. The zero-order chi connectivity index (χ0) is 19.4. The standard InChI is InChI=1S/C18H18ClFN4O3/c19-13-2-1-12(9-14(13)20)16(18(26)27)23-17(25)11-3-7-24(8-4-11)15-10-21-5-6-22-15/h1-2,5-6,9-11,16H,3-4,7-8H2,(H,23,25)(H,26,27). The van der Waals surface area contributed by atoms with Crippen LogP contribution in [0.25, 0.3) is 0 Å². The lowest BCUT2D eigenvalue weighted by atomic mass is 9.95. The minimum Gasteiger partial charge on any atom is -0.479 e. The number of anilines is 1. The maximum Gasteiger partial charge on any atom is 0.330 e. The lowest BCUT2D eigenvalue weighted by molar-refractivity contribution is -0.142. The number of carbonyl (C=O) groups is 2. The molecule has 0 bridgehead atoms. The van der Waals surface area contributed by atoms with E-state index < -0.39 is 17.8 Å². The maximum atomic E-state index is 13.6. The summed E-state index contributed by atoms with van der Waals surface area (Å²) in [7, 11) is 0. The van der Waals surface area contributed by atoms with Crippen molar-refractivity contribution >= 4 is 29.3 Å². The maximum absolute atomic E-state index is 13.6. The molecule has 1 fully saturated rings. The fourth-order valence-corrected chi connectivity index (χ4v) is 3.18. The summed E-state index contributed by atoms with van der Waals surface area (Å²) < 4.78 is 13.6. The second-order valence-electron chi connectivity index (χ2n) is 6.28. The van der Waals surface area contributed by atoms with Gasteiger partial charge in [0.25, 0.3) is 0 Å². The highest BCUT2D eigenvalue weighted by Gasteiger charge is 2.30. The molecule has 142 valence electrons. The van der Waals surface area contributed by atoms with Crippen molar-refractivity contribution in [3.8, 4) is 0 Å². The van der Waals surface area contributed by atoms with Crippen molar-refractivity contribution in [2.45, 2.75) is 18.9 Å². The summed E-state index contributed by atoms with van der Waals surface area (Å²) in [5.74, 6) is -1.93. The number of amides is 1. The number of carboxylic acid groups (broad SMARTS) is 1. The van der Waals surface area contributed by atoms with E-state index in [1.165, 1.54) is 12.1 Å². The van der Waals surface area contributed by atoms with E-state index in [4.69, 9.17) is 11.6 Å². The fraction of sp³-hybridized carbons (Fsp3) is 0.333. The van der Waals surface area contributed by atoms with Gasteiger partial charge in [-0.3, -0.25) is 9.78 Å². The average Bonchev–Trinajstić information content (AvgIpc) is 2.69. The van der Waals surface area contributed by atoms with Crippen LogP contribution in [-0.2, 0) is 9.59 Å². The summed E-state index contributed by atoms with van der Waals surface area (Å²) in [6, 6.07) is 2.36. The third kappa shape index (κ3) is 4.51. The molecule has 1 aliphatic rings. The largest absolute Gasteiger partial charge is 0.479 e. The first-order chi connectivity index (χ1) is 13.0. The second-order valence-corrected chi connectivity index (χ2v) is 6.69. The van der Waals surface area contributed by atoms with E-state index in [2.05, 4.69) is 15.3 Å². The van der Waals surface area contributed by atoms with E-state index in [0.717, 1.165) is 11.9 Å². The van der Waals surface area contributed by atoms with E-state index in [9.17, 15) is 19.1 Å². The predicted molar refractivity (Wildman–Crippen MR) is 96.9 cm³/mol. The Bertz CT molecular complexity index is 829. The molecule has 1 amide bonds. The highest BCUT2D eigenvalue weighted by molar-refractivity contribution is 6.30. The average molecular weight is 393 g/mol. The first-order valence-corrected chi connectivity index (χ1v) is 8.82. The number of nitrogens with one attached hydrogen (secondary N) is 1. The number of rotatable bonds is 5. The summed E-state index contributed by atoms with van der Waals surface area (Å²) >= 11 is 5.63. The zero-order valence-electron chi connectivity index (χ0n) is 14.3. The summed E-state index contributed by atoms with van der Waals surface area (Å²) in [6.45, 7) is 1.23. The molecule has 1 aromatic heterocycles. The smallest absolute Gasteiger partial charge is 0.330 e. The molecule has 0 radical (unpaired) electrons. The van der Waals surface area contributed by atoms with E-state index in [1.54, 1.807) is 18.6 Å². The Kier molecular flexibility index (Phi) is 5.85. The van der Waals surface area contributed by atoms with Gasteiger partial charge < -0.3 is 15.3 Å². The van der Waals surface area contributed by atoms with Crippen molar-refractivity contribution in [3.63, 3.8) is 0 Å². The Morgan fingerprint density at radius 3 is 2.63 bits per heavy atom. The van der Waals surface area contributed by atoms with Crippen molar-refractivity contribution in [3.05, 3.63) is 53.2 Å². The number of carbonyl (C=O) groups excluding carboxylic acids is 1. The summed E-state index contributed by atoms with van der Waals surface area (Å²) in [4.78, 5) is 34.4. The molecule has 3 rings (SSSR count). The first kappa shape index (κ1) is 19.0. The van der Waals surface area contributed by atoms with Crippen molar-refractivity contribution in [2.75, 3.05) is 18.0 Å². The monoisotopic (exact) mass is 392 g/mol. The number of aromatic nitrogens is 2. The minimum absolute atomic E-state index is 0.106. The number of carboxylic acids is 1. The van der Waals surface area contributed by atoms with E-state index >= 15 is 0 Å². The molecule has 9 heteroatoms. The number of piperidine rings is 1. The van der Waals surface area contributed by atoms with Gasteiger partial charge in [0.2, 0.25) is 5.91 Å². The van der Waals surface area contributed by atoms with Crippen LogP contribution in [-0.4, -0.2) is 40.0 Å². The lowest BCUT2D eigenvalue weighted by Crippen LogP contribution is -2.43. The highest BCUT2D eigenvalue weighted by atomic mass is 35.5. The predicted octanol–water partition coefficient (Wildman–Crippen LogP) is 2.43. The van der Waals surface area contributed by atoms with Crippen LogP contribution < -0.4 is 10.2 Å². The molecule has 1 aliphatic heterocycles. The van der Waals surface area contributed by atoms with Crippen LogP contribution >= 0.6 is 11.6 Å². The number of nitrogens with zero attached hydrogens (tertiary/aromatic N) is 3. The van der Waals surface area contributed by atoms with Gasteiger partial charge in [-0.2, -0.15) is 0 Å². The molecule has 2 N–H and O–H groups in total. The molecule has 2 heterocycles. The van der Waals surface area contributed by atoms with Gasteiger partial charge in [-0.25, -0.2) is 14.2 Å². The molecule has 0 saturated carbocycles. The highest BCUT2D eigenvalue weighted by Crippen LogP contribution is 2.24. The molecule has 1 atom stereocenters. The van der Waals surface area contributed by atoms with Crippen molar-refractivity contribution in [1.82, 2.24) is 15.3 Å². The van der Waals surface area contributed by atoms with Crippen molar-refractivity contribution < 1.29 is 19.1 Å². The van der Waals surface area contributed by atoms with Crippen molar-refractivity contribution in [1.29, 1.82) is 0 Å². The number of aliphatic carboxylic acids is 1. The molecular weight excluding hydrogens is 375 g/mol. The van der Waals surface area contributed by atoms with Gasteiger partial charge in [0.05, 0.1) is 11.2 Å². The van der Waals surface area contributed by atoms with E-state index in [-0.39, 0.29) is 22.4 Å². The summed E-state index contributed by atoms with van der Waals surface area (Å²) in [6.07, 6.45) is 5.98. The molecule has 1 aromatic carbocycles. The minimum atomic E-state index is -1.33. The van der Waals surface area contributed by atoms with Gasteiger partial charge in [-0.1, -0.05) is 17.7 Å². The van der Waals surface area contributed by atoms with Crippen LogP contribution in [0.3, 0.4) is 0 Å². The normalized spacial score (nSPS) is 16.0. The van der Waals surface area contributed by atoms with Gasteiger partial charge in [0.1, 0.15) is 11.6 Å². The number of benzene rings is 1. The van der Waals surface area contributed by atoms with E-state index in [0.29, 0.717) is 25.9 Å². The Labute approximate surface area is 160 Å². The Balaban J connectivity index is 1.63. The molecule has 2 aromatic rings. The van der Waals surface area contributed by atoms with E-state index in [1.807, 2.05) is 4.90 Å². The Morgan fingerprint density at radius 2 is 2.04 bits per heavy atom. The van der Waals surface area contributed by atoms with Crippen LogP contribution in [0.4, 0.5) is 10.2 Å². The zero-order valence-corrected chi connectivity index (χ0v) is 15.1. The van der Waals surface area contributed by atoms with Crippen LogP contribution in [0.5, 0.6) is 0 Å². The molecule has 1 saturated heterocycles. The van der Waals surface area contributed by atoms with Gasteiger partial charge >= 0.3 is 5.97 Å².